The van der Waals surface area contributed by atoms with E-state index in [1.807, 2.05) is 84.9 Å². The molecule has 4 atom stereocenters. The van der Waals surface area contributed by atoms with Crippen molar-refractivity contribution < 1.29 is 38.7 Å². The molecule has 0 bridgehead atoms. The van der Waals surface area contributed by atoms with Crippen LogP contribution in [0.4, 0.5) is 10.3 Å². The standard InChI is InChI=1S/2C25H24ClN3O4S.2ClH/c2*26-18-4-2-1-3-17(18)22(29-10-7-16(30)13-29)21-12-27-24(34-21)28-23(31)25(8-9-25)15-5-6-19-20(11-15)33-14-32-19;;/h2*1-6,11-12,16,22,30H,7-10,13-14H2,(H,27,28,31);2*1H/t16-,22+;16-,22-;;/m11../s1. The van der Waals surface area contributed by atoms with E-state index in [-0.39, 0.29) is 74.5 Å². The number of halogens is 4. The smallest absolute Gasteiger partial charge is 0.236 e. The maximum absolute atomic E-state index is 13.3. The van der Waals surface area contributed by atoms with Crippen molar-refractivity contribution in [2.45, 2.75) is 73.6 Å². The van der Waals surface area contributed by atoms with E-state index in [1.54, 1.807) is 12.4 Å². The topological polar surface area (TPSA) is 168 Å². The monoisotopic (exact) mass is 1070 g/mol. The van der Waals surface area contributed by atoms with Crippen molar-refractivity contribution in [1.29, 1.82) is 0 Å². The summed E-state index contributed by atoms with van der Waals surface area (Å²) in [6, 6.07) is 26.7. The number of rotatable bonds is 12. The molecule has 2 aromatic heterocycles. The van der Waals surface area contributed by atoms with E-state index >= 15 is 0 Å². The lowest BCUT2D eigenvalue weighted by molar-refractivity contribution is -0.119. The van der Waals surface area contributed by atoms with Crippen LogP contribution < -0.4 is 29.6 Å². The number of anilines is 2. The molecule has 6 aromatic rings. The first kappa shape index (κ1) is 50.2. The average Bonchev–Trinajstić information content (AvgIpc) is 3.71. The van der Waals surface area contributed by atoms with Gasteiger partial charge in [-0.1, -0.05) is 94.4 Å². The fourth-order valence-corrected chi connectivity index (χ4v) is 12.2. The van der Waals surface area contributed by atoms with Gasteiger partial charge in [-0.2, -0.15) is 0 Å². The largest absolute Gasteiger partial charge is 0.454 e. The number of likely N-dealkylation sites (tertiary alicyclic amines) is 2. The molecule has 0 unspecified atom stereocenters. The number of carbonyl (C=O) groups excluding carboxylic acids is 2. The molecule has 4 aromatic carbocycles. The summed E-state index contributed by atoms with van der Waals surface area (Å²) in [5, 5.41) is 28.8. The van der Waals surface area contributed by atoms with Gasteiger partial charge in [0.25, 0.3) is 0 Å². The van der Waals surface area contributed by atoms with Crippen LogP contribution in [0.5, 0.6) is 23.0 Å². The molecule has 2 saturated carbocycles. The van der Waals surface area contributed by atoms with Gasteiger partial charge in [0.15, 0.2) is 33.3 Å². The van der Waals surface area contributed by atoms with E-state index in [2.05, 4.69) is 30.4 Å². The number of nitrogens with one attached hydrogen (secondary N) is 2. The summed E-state index contributed by atoms with van der Waals surface area (Å²) >= 11 is 16.0. The highest BCUT2D eigenvalue weighted by Gasteiger charge is 2.53. The maximum atomic E-state index is 13.3. The normalized spacial score (nSPS) is 20.8. The first-order chi connectivity index (χ1) is 33.1. The molecule has 4 N–H and O–H groups in total. The van der Waals surface area contributed by atoms with Crippen molar-refractivity contribution in [2.75, 3.05) is 50.4 Å². The van der Waals surface area contributed by atoms with Crippen LogP contribution in [0.25, 0.3) is 0 Å². The van der Waals surface area contributed by atoms with Crippen molar-refractivity contribution in [1.82, 2.24) is 19.8 Å². The van der Waals surface area contributed by atoms with Gasteiger partial charge in [-0.05, 0) is 97.2 Å². The summed E-state index contributed by atoms with van der Waals surface area (Å²) in [6.07, 6.45) is 7.48. The lowest BCUT2D eigenvalue weighted by Crippen LogP contribution is -2.28. The molecule has 6 aliphatic rings. The van der Waals surface area contributed by atoms with E-state index in [4.69, 9.17) is 42.1 Å². The van der Waals surface area contributed by atoms with Gasteiger partial charge in [0.2, 0.25) is 25.4 Å². The minimum Gasteiger partial charge on any atom is -0.454 e. The number of fused-ring (bicyclic) bond motifs is 2. The Morgan fingerprint density at radius 1 is 0.614 bits per heavy atom. The van der Waals surface area contributed by atoms with Gasteiger partial charge in [0.1, 0.15) is 0 Å². The minimum absolute atomic E-state index is 0. The first-order valence-corrected chi connectivity index (χ1v) is 25.1. The molecule has 2 amide bonds. The Bertz CT molecular complexity index is 2690. The van der Waals surface area contributed by atoms with Crippen molar-refractivity contribution in [3.63, 3.8) is 0 Å². The predicted molar refractivity (Wildman–Crippen MR) is 274 cm³/mol. The van der Waals surface area contributed by atoms with Crippen LogP contribution in [0.3, 0.4) is 0 Å². The number of hydrogen-bond donors (Lipinski definition) is 4. The van der Waals surface area contributed by atoms with Crippen LogP contribution in [0.2, 0.25) is 10.0 Å². The Labute approximate surface area is 435 Å². The fraction of sp³-hybridized carbons (Fsp3) is 0.360. The number of aliphatic hydroxyl groups is 2. The van der Waals surface area contributed by atoms with E-state index in [1.165, 1.54) is 22.7 Å². The highest BCUT2D eigenvalue weighted by atomic mass is 35.5. The Kier molecular flexibility index (Phi) is 14.9. The number of carbonyl (C=O) groups is 2. The number of ether oxygens (including phenoxy) is 4. The molecule has 14 nitrogen and oxygen atoms in total. The van der Waals surface area contributed by atoms with E-state index in [0.29, 0.717) is 56.4 Å². The summed E-state index contributed by atoms with van der Waals surface area (Å²) < 4.78 is 21.8. The van der Waals surface area contributed by atoms with Crippen molar-refractivity contribution in [2.24, 2.45) is 0 Å². The molecule has 12 rings (SSSR count). The van der Waals surface area contributed by atoms with Crippen LogP contribution in [0, 0.1) is 0 Å². The van der Waals surface area contributed by atoms with Crippen LogP contribution in [0.15, 0.2) is 97.3 Å². The second-order valence-corrected chi connectivity index (χ2v) is 21.0. The molecular formula is C50H50Cl4N6O8S2. The van der Waals surface area contributed by atoms with Gasteiger partial charge >= 0.3 is 0 Å². The van der Waals surface area contributed by atoms with Gasteiger partial charge in [0.05, 0.1) is 35.1 Å². The number of aromatic nitrogens is 2. The number of aliphatic hydroxyl groups excluding tert-OH is 2. The summed E-state index contributed by atoms with van der Waals surface area (Å²) in [5.41, 5.74) is 2.69. The predicted octanol–water partition coefficient (Wildman–Crippen LogP) is 9.55. The SMILES string of the molecule is Cl.Cl.O=C(Nc1ncc([C@@H](c2ccccc2Cl)N2CC[C@@H](O)C2)s1)C1(c2ccc3c(c2)OCO3)CC1.O=C(Nc1ncc([C@H](c2ccccc2Cl)N2CC[C@@H](O)C2)s1)C1(c2ccc3c(c2)OCO3)CC1. The lowest BCUT2D eigenvalue weighted by atomic mass is 9.94. The van der Waals surface area contributed by atoms with Crippen molar-refractivity contribution in [3.8, 4) is 23.0 Å². The molecule has 6 heterocycles. The zero-order valence-corrected chi connectivity index (χ0v) is 42.3. The second-order valence-electron chi connectivity index (χ2n) is 18.1. The summed E-state index contributed by atoms with van der Waals surface area (Å²) in [6.45, 7) is 3.10. The number of hydrogen-bond acceptors (Lipinski definition) is 14. The quantitative estimate of drug-likeness (QED) is 0.0918. The summed E-state index contributed by atoms with van der Waals surface area (Å²) in [7, 11) is 0. The van der Waals surface area contributed by atoms with Gasteiger partial charge in [0, 0.05) is 58.4 Å². The summed E-state index contributed by atoms with van der Waals surface area (Å²) in [5.74, 6) is 2.67. The zero-order valence-electron chi connectivity index (χ0n) is 37.6. The van der Waals surface area contributed by atoms with Crippen molar-refractivity contribution >= 4 is 92.8 Å². The molecule has 70 heavy (non-hydrogen) atoms. The highest BCUT2D eigenvalue weighted by Crippen LogP contribution is 2.53. The molecule has 0 spiro atoms. The zero-order chi connectivity index (χ0) is 46.6. The third-order valence-corrected chi connectivity index (χ3v) is 16.4. The molecule has 2 saturated heterocycles. The molecule has 4 aliphatic heterocycles. The second kappa shape index (κ2) is 20.8. The Balaban J connectivity index is 0.000000169. The number of benzene rings is 4. The first-order valence-electron chi connectivity index (χ1n) is 22.7. The summed E-state index contributed by atoms with van der Waals surface area (Å²) in [4.78, 5) is 42.1. The van der Waals surface area contributed by atoms with Crippen LogP contribution in [-0.2, 0) is 20.4 Å². The van der Waals surface area contributed by atoms with Crippen LogP contribution in [-0.4, -0.2) is 93.8 Å². The van der Waals surface area contributed by atoms with Gasteiger partial charge in [-0.25, -0.2) is 9.97 Å². The fourth-order valence-electron chi connectivity index (χ4n) is 9.77. The third-order valence-electron chi connectivity index (χ3n) is 13.8. The van der Waals surface area contributed by atoms with Gasteiger partial charge in [-0.15, -0.1) is 24.8 Å². The van der Waals surface area contributed by atoms with E-state index < -0.39 is 10.8 Å². The molecule has 20 heteroatoms. The maximum Gasteiger partial charge on any atom is 0.236 e. The molecule has 2 aliphatic carbocycles. The lowest BCUT2D eigenvalue weighted by Gasteiger charge is -2.27. The number of amides is 2. The molecule has 0 radical (unpaired) electrons. The van der Waals surface area contributed by atoms with E-state index in [0.717, 1.165) is 83.6 Å². The molecule has 4 fully saturated rings. The van der Waals surface area contributed by atoms with E-state index in [9.17, 15) is 19.8 Å². The Hall–Kier alpha value is -4.72. The Morgan fingerprint density at radius 3 is 1.39 bits per heavy atom. The number of β-amino-alcohol motifs (C(OH)–C–C–N with tert-alkyl or cyclic N) is 2. The van der Waals surface area contributed by atoms with Crippen LogP contribution in [0.1, 0.15) is 82.6 Å². The van der Waals surface area contributed by atoms with Crippen LogP contribution >= 0.6 is 70.7 Å². The van der Waals surface area contributed by atoms with Gasteiger partial charge in [-0.3, -0.25) is 19.4 Å². The molecular weight excluding hydrogens is 1020 g/mol. The number of nitrogens with zero attached hydrogens (tertiary/aromatic N) is 4. The van der Waals surface area contributed by atoms with Crippen molar-refractivity contribution in [3.05, 3.63) is 139 Å². The number of thiazole rings is 2. The Morgan fingerprint density at radius 2 is 1.01 bits per heavy atom. The van der Waals surface area contributed by atoms with Gasteiger partial charge < -0.3 is 39.8 Å². The average molecular weight is 1070 g/mol. The highest BCUT2D eigenvalue weighted by molar-refractivity contribution is 7.16. The molecule has 368 valence electrons. The minimum atomic E-state index is -0.561. The third kappa shape index (κ3) is 9.92.